The zero-order valence-corrected chi connectivity index (χ0v) is 4.91. The van der Waals surface area contributed by atoms with Crippen LogP contribution in [0.25, 0.3) is 0 Å². The third kappa shape index (κ3) is 2.85. The average Bonchev–Trinajstić information content (AvgIpc) is 1.65. The highest BCUT2D eigenvalue weighted by atomic mass is 35.5. The van der Waals surface area contributed by atoms with Crippen molar-refractivity contribution >= 4 is 28.4 Å². The second-order valence-corrected chi connectivity index (χ2v) is 1.66. The molecule has 2 nitrogen and oxygen atoms in total. The van der Waals surface area contributed by atoms with Crippen molar-refractivity contribution in [2.24, 2.45) is 0 Å². The van der Waals surface area contributed by atoms with Crippen LogP contribution in [-0.4, -0.2) is 22.3 Å². The van der Waals surface area contributed by atoms with Crippen molar-refractivity contribution in [2.45, 2.75) is 6.10 Å². The average molecular weight is 143 g/mol. The van der Waals surface area contributed by atoms with E-state index in [4.69, 9.17) is 28.3 Å². The molecule has 42 valence electrons. The first-order valence-electron chi connectivity index (χ1n) is 1.62. The Morgan fingerprint density at radius 1 is 1.86 bits per heavy atom. The van der Waals surface area contributed by atoms with Crippen LogP contribution >= 0.6 is 23.2 Å². The van der Waals surface area contributed by atoms with Crippen molar-refractivity contribution in [3.63, 3.8) is 0 Å². The lowest BCUT2D eigenvalue weighted by atomic mass is 10.5. The molecule has 0 fully saturated rings. The van der Waals surface area contributed by atoms with Gasteiger partial charge >= 0.3 is 0 Å². The van der Waals surface area contributed by atoms with E-state index in [2.05, 4.69) is 0 Å². The van der Waals surface area contributed by atoms with E-state index >= 15 is 0 Å². The molecule has 1 N–H and O–H groups in total. The first kappa shape index (κ1) is 7.21. The van der Waals surface area contributed by atoms with Crippen molar-refractivity contribution in [1.82, 2.24) is 0 Å². The summed E-state index contributed by atoms with van der Waals surface area (Å²) in [7, 11) is 0. The van der Waals surface area contributed by atoms with Gasteiger partial charge in [-0.25, -0.2) is 0 Å². The second-order valence-electron chi connectivity index (χ2n) is 0.974. The Hall–Kier alpha value is 0.210. The van der Waals surface area contributed by atoms with Gasteiger partial charge < -0.3 is 5.11 Å². The number of halogens is 2. The molecule has 0 aliphatic heterocycles. The van der Waals surface area contributed by atoms with E-state index in [9.17, 15) is 4.79 Å². The Balaban J connectivity index is 3.34. The summed E-state index contributed by atoms with van der Waals surface area (Å²) in [6, 6.07) is 0. The molecule has 0 aromatic heterocycles. The standard InChI is InChI=1S/C3H4Cl2O2/c4-1-2(6)3(5)7/h2,6H,1H2. The van der Waals surface area contributed by atoms with Gasteiger partial charge in [0.15, 0.2) is 0 Å². The molecule has 0 rings (SSSR count). The lowest BCUT2D eigenvalue weighted by Crippen LogP contribution is -2.15. The van der Waals surface area contributed by atoms with E-state index in [1.165, 1.54) is 0 Å². The fraction of sp³-hybridized carbons (Fsp3) is 0.667. The van der Waals surface area contributed by atoms with Crippen molar-refractivity contribution < 1.29 is 9.90 Å². The smallest absolute Gasteiger partial charge is 0.251 e. The predicted molar refractivity (Wildman–Crippen MR) is 27.6 cm³/mol. The van der Waals surface area contributed by atoms with Crippen molar-refractivity contribution in [2.75, 3.05) is 5.88 Å². The molecule has 1 atom stereocenters. The van der Waals surface area contributed by atoms with Crippen LogP contribution in [0.15, 0.2) is 0 Å². The third-order valence-corrected chi connectivity index (χ3v) is 0.952. The largest absolute Gasteiger partial charge is 0.383 e. The first-order valence-corrected chi connectivity index (χ1v) is 2.53. The summed E-state index contributed by atoms with van der Waals surface area (Å²) in [5.74, 6) is -0.137. The molecule has 0 aliphatic rings. The van der Waals surface area contributed by atoms with Crippen LogP contribution in [0, 0.1) is 0 Å². The lowest BCUT2D eigenvalue weighted by Gasteiger charge is -1.93. The highest BCUT2D eigenvalue weighted by molar-refractivity contribution is 6.65. The van der Waals surface area contributed by atoms with Gasteiger partial charge in [0.25, 0.3) is 5.24 Å². The molecule has 0 radical (unpaired) electrons. The Morgan fingerprint density at radius 2 is 2.29 bits per heavy atom. The van der Waals surface area contributed by atoms with Crippen LogP contribution in [0.4, 0.5) is 0 Å². The van der Waals surface area contributed by atoms with Crippen LogP contribution in [0.5, 0.6) is 0 Å². The Kier molecular flexibility index (Phi) is 3.34. The zero-order valence-electron chi connectivity index (χ0n) is 3.40. The van der Waals surface area contributed by atoms with Gasteiger partial charge in [0.2, 0.25) is 0 Å². The molecular formula is C3H4Cl2O2. The number of carbonyl (C=O) groups excluding carboxylic acids is 1. The van der Waals surface area contributed by atoms with Gasteiger partial charge in [0.1, 0.15) is 6.10 Å². The molecule has 7 heavy (non-hydrogen) atoms. The van der Waals surface area contributed by atoms with E-state index in [-0.39, 0.29) is 5.88 Å². The van der Waals surface area contributed by atoms with Gasteiger partial charge in [0, 0.05) is 0 Å². The van der Waals surface area contributed by atoms with E-state index < -0.39 is 11.3 Å². The fourth-order valence-corrected chi connectivity index (χ4v) is 0.357. The van der Waals surface area contributed by atoms with Gasteiger partial charge in [-0.1, -0.05) is 0 Å². The predicted octanol–water partition coefficient (Wildman–Crippen LogP) is 0.351. The molecule has 0 heterocycles. The summed E-state index contributed by atoms with van der Waals surface area (Å²) in [6.45, 7) is 0. The molecule has 0 amide bonds. The normalized spacial score (nSPS) is 13.6. The first-order chi connectivity index (χ1) is 3.18. The summed E-state index contributed by atoms with van der Waals surface area (Å²) in [5.41, 5.74) is 0. The summed E-state index contributed by atoms with van der Waals surface area (Å²) in [5, 5.41) is 7.51. The van der Waals surface area contributed by atoms with E-state index in [0.717, 1.165) is 0 Å². The molecule has 0 aromatic carbocycles. The molecule has 1 unspecified atom stereocenters. The van der Waals surface area contributed by atoms with Gasteiger partial charge in [-0.05, 0) is 11.6 Å². The number of rotatable bonds is 2. The van der Waals surface area contributed by atoms with E-state index in [0.29, 0.717) is 0 Å². The molecule has 4 heteroatoms. The van der Waals surface area contributed by atoms with Gasteiger partial charge in [0.05, 0.1) is 5.88 Å². The van der Waals surface area contributed by atoms with Gasteiger partial charge in [-0.3, -0.25) is 4.79 Å². The molecule has 0 aromatic rings. The molecule has 0 saturated heterocycles. The van der Waals surface area contributed by atoms with Crippen LogP contribution in [0.1, 0.15) is 0 Å². The molecule has 0 spiro atoms. The highest BCUT2D eigenvalue weighted by Crippen LogP contribution is 1.91. The van der Waals surface area contributed by atoms with Crippen molar-refractivity contribution in [1.29, 1.82) is 0 Å². The summed E-state index contributed by atoms with van der Waals surface area (Å²) in [4.78, 5) is 9.81. The fourth-order valence-electron chi connectivity index (χ4n) is 0.0607. The SMILES string of the molecule is O=C(Cl)C(O)CCl. The Morgan fingerprint density at radius 3 is 2.29 bits per heavy atom. The quantitative estimate of drug-likeness (QED) is 0.447. The van der Waals surface area contributed by atoms with Crippen LogP contribution in [0.2, 0.25) is 0 Å². The minimum absolute atomic E-state index is 0.137. The monoisotopic (exact) mass is 142 g/mol. The molecule has 0 saturated carbocycles. The maximum Gasteiger partial charge on any atom is 0.251 e. The summed E-state index contributed by atoms with van der Waals surface area (Å²) < 4.78 is 0. The maximum absolute atomic E-state index is 9.81. The molecule has 0 aliphatic carbocycles. The number of hydrogen-bond acceptors (Lipinski definition) is 2. The highest BCUT2D eigenvalue weighted by Gasteiger charge is 2.07. The number of aliphatic hydroxyl groups is 1. The lowest BCUT2D eigenvalue weighted by molar-refractivity contribution is -0.118. The summed E-state index contributed by atoms with van der Waals surface area (Å²) >= 11 is 9.75. The molecule has 0 bridgehead atoms. The van der Waals surface area contributed by atoms with E-state index in [1.54, 1.807) is 0 Å². The second kappa shape index (κ2) is 3.24. The minimum Gasteiger partial charge on any atom is -0.383 e. The van der Waals surface area contributed by atoms with Crippen LogP contribution in [-0.2, 0) is 4.79 Å². The topological polar surface area (TPSA) is 37.3 Å². The third-order valence-electron chi connectivity index (χ3n) is 0.408. The maximum atomic E-state index is 9.81. The summed E-state index contributed by atoms with van der Waals surface area (Å²) in [6.07, 6.45) is -1.21. The van der Waals surface area contributed by atoms with E-state index in [1.807, 2.05) is 0 Å². The number of alkyl halides is 1. The number of carbonyl (C=O) groups is 1. The van der Waals surface area contributed by atoms with Gasteiger partial charge in [-0.15, -0.1) is 11.6 Å². The number of hydrogen-bond donors (Lipinski definition) is 1. The Labute approximate surface area is 51.0 Å². The van der Waals surface area contributed by atoms with Crippen molar-refractivity contribution in [3.05, 3.63) is 0 Å². The minimum atomic E-state index is -1.21. The van der Waals surface area contributed by atoms with Crippen molar-refractivity contribution in [3.8, 4) is 0 Å². The van der Waals surface area contributed by atoms with Crippen LogP contribution < -0.4 is 0 Å². The number of aliphatic hydroxyl groups excluding tert-OH is 1. The Bertz CT molecular complexity index is 73.3. The van der Waals surface area contributed by atoms with Crippen LogP contribution in [0.3, 0.4) is 0 Å². The zero-order chi connectivity index (χ0) is 5.86. The molecular weight excluding hydrogens is 139 g/mol. The van der Waals surface area contributed by atoms with Gasteiger partial charge in [-0.2, -0.15) is 0 Å².